The van der Waals surface area contributed by atoms with Gasteiger partial charge in [-0.1, -0.05) is 13.3 Å². The van der Waals surface area contributed by atoms with E-state index in [4.69, 9.17) is 0 Å². The molecule has 19 heavy (non-hydrogen) atoms. The number of benzene rings is 1. The van der Waals surface area contributed by atoms with Crippen LogP contribution in [0.3, 0.4) is 0 Å². The minimum Gasteiger partial charge on any atom is -0.396 e. The molecule has 0 aromatic heterocycles. The number of anilines is 1. The first-order valence-corrected chi connectivity index (χ1v) is 7.22. The molecule has 1 aromatic rings. The Hall–Kier alpha value is -1.35. The van der Waals surface area contributed by atoms with Crippen LogP contribution in [0, 0.1) is 11.8 Å². The summed E-state index contributed by atoms with van der Waals surface area (Å²) in [6.07, 6.45) is 4.12. The van der Waals surface area contributed by atoms with Crippen LogP contribution in [0.25, 0.3) is 0 Å². The summed E-state index contributed by atoms with van der Waals surface area (Å²) in [5.74, 6) is 1.21. The largest absolute Gasteiger partial charge is 0.396 e. The van der Waals surface area contributed by atoms with E-state index in [1.807, 2.05) is 31.2 Å². The topological polar surface area (TPSA) is 49.3 Å². The highest BCUT2D eigenvalue weighted by Gasteiger charge is 2.26. The summed E-state index contributed by atoms with van der Waals surface area (Å²) in [6.45, 7) is 3.09. The number of aliphatic hydroxyl groups is 1. The lowest BCUT2D eigenvalue weighted by Crippen LogP contribution is -2.20. The first-order chi connectivity index (χ1) is 9.24. The van der Waals surface area contributed by atoms with Crippen molar-refractivity contribution in [1.82, 2.24) is 0 Å². The fraction of sp³-hybridized carbons (Fsp3) is 0.562. The lowest BCUT2D eigenvalue weighted by molar-refractivity contribution is 0.0988. The van der Waals surface area contributed by atoms with Crippen molar-refractivity contribution in [2.24, 2.45) is 11.8 Å². The SMILES string of the molecule is CCC(=O)c1ccc(NCC2CCCC2CO)cc1. The molecule has 0 radical (unpaired) electrons. The van der Waals surface area contributed by atoms with E-state index in [-0.39, 0.29) is 5.78 Å². The molecule has 1 aliphatic carbocycles. The molecule has 0 saturated heterocycles. The molecule has 2 rings (SSSR count). The number of carbonyl (C=O) groups is 1. The normalized spacial score (nSPS) is 22.4. The van der Waals surface area contributed by atoms with Crippen LogP contribution in [-0.4, -0.2) is 24.0 Å². The van der Waals surface area contributed by atoms with Crippen molar-refractivity contribution in [2.45, 2.75) is 32.6 Å². The van der Waals surface area contributed by atoms with E-state index in [2.05, 4.69) is 5.32 Å². The van der Waals surface area contributed by atoms with E-state index in [0.717, 1.165) is 24.2 Å². The zero-order valence-electron chi connectivity index (χ0n) is 11.6. The molecule has 0 amide bonds. The molecule has 1 aromatic carbocycles. The van der Waals surface area contributed by atoms with Gasteiger partial charge in [0.15, 0.2) is 5.78 Å². The van der Waals surface area contributed by atoms with Crippen LogP contribution in [0.5, 0.6) is 0 Å². The van der Waals surface area contributed by atoms with Crippen molar-refractivity contribution >= 4 is 11.5 Å². The van der Waals surface area contributed by atoms with Gasteiger partial charge in [0.2, 0.25) is 0 Å². The number of aliphatic hydroxyl groups excluding tert-OH is 1. The molecule has 0 heterocycles. The van der Waals surface area contributed by atoms with Gasteiger partial charge in [0.1, 0.15) is 0 Å². The third-order valence-electron chi connectivity index (χ3n) is 4.15. The summed E-state index contributed by atoms with van der Waals surface area (Å²) >= 11 is 0. The predicted molar refractivity (Wildman–Crippen MR) is 77.5 cm³/mol. The summed E-state index contributed by atoms with van der Waals surface area (Å²) in [4.78, 5) is 11.5. The van der Waals surface area contributed by atoms with Gasteiger partial charge >= 0.3 is 0 Å². The van der Waals surface area contributed by atoms with Gasteiger partial charge in [-0.2, -0.15) is 0 Å². The van der Waals surface area contributed by atoms with Gasteiger partial charge < -0.3 is 10.4 Å². The van der Waals surface area contributed by atoms with Crippen molar-refractivity contribution in [3.8, 4) is 0 Å². The molecule has 1 fully saturated rings. The monoisotopic (exact) mass is 261 g/mol. The fourth-order valence-electron chi connectivity index (χ4n) is 2.85. The predicted octanol–water partition coefficient (Wildman–Crippen LogP) is 3.10. The molecule has 0 spiro atoms. The molecule has 1 saturated carbocycles. The summed E-state index contributed by atoms with van der Waals surface area (Å²) in [5, 5.41) is 12.7. The summed E-state index contributed by atoms with van der Waals surface area (Å²) < 4.78 is 0. The molecule has 0 bridgehead atoms. The highest BCUT2D eigenvalue weighted by atomic mass is 16.3. The first-order valence-electron chi connectivity index (χ1n) is 7.22. The molecule has 0 aliphatic heterocycles. The first kappa shape index (κ1) is 14.1. The summed E-state index contributed by atoms with van der Waals surface area (Å²) in [7, 11) is 0. The molecule has 3 nitrogen and oxygen atoms in total. The van der Waals surface area contributed by atoms with E-state index in [0.29, 0.717) is 24.9 Å². The van der Waals surface area contributed by atoms with Gasteiger partial charge in [0.05, 0.1) is 0 Å². The van der Waals surface area contributed by atoms with Crippen molar-refractivity contribution in [3.05, 3.63) is 29.8 Å². The Morgan fingerprint density at radius 2 is 1.95 bits per heavy atom. The van der Waals surface area contributed by atoms with Crippen LogP contribution < -0.4 is 5.32 Å². The summed E-state index contributed by atoms with van der Waals surface area (Å²) in [5.41, 5.74) is 1.83. The Morgan fingerprint density at radius 3 is 2.58 bits per heavy atom. The third-order valence-corrected chi connectivity index (χ3v) is 4.15. The van der Waals surface area contributed by atoms with E-state index in [9.17, 15) is 9.90 Å². The van der Waals surface area contributed by atoms with Gasteiger partial charge in [0.25, 0.3) is 0 Å². The molecule has 2 N–H and O–H groups in total. The molecule has 2 unspecified atom stereocenters. The Morgan fingerprint density at radius 1 is 1.26 bits per heavy atom. The smallest absolute Gasteiger partial charge is 0.162 e. The lowest BCUT2D eigenvalue weighted by Gasteiger charge is -2.18. The average molecular weight is 261 g/mol. The lowest BCUT2D eigenvalue weighted by atomic mass is 9.97. The number of ketones is 1. The van der Waals surface area contributed by atoms with E-state index in [1.165, 1.54) is 12.8 Å². The van der Waals surface area contributed by atoms with Crippen LogP contribution in [-0.2, 0) is 0 Å². The third kappa shape index (κ3) is 3.57. The van der Waals surface area contributed by atoms with Gasteiger partial charge in [-0.05, 0) is 48.9 Å². The highest BCUT2D eigenvalue weighted by Crippen LogP contribution is 2.31. The molecule has 104 valence electrons. The Bertz CT molecular complexity index is 413. The number of carbonyl (C=O) groups excluding carboxylic acids is 1. The van der Waals surface area contributed by atoms with E-state index >= 15 is 0 Å². The maximum Gasteiger partial charge on any atom is 0.162 e. The van der Waals surface area contributed by atoms with Crippen LogP contribution in [0.2, 0.25) is 0 Å². The average Bonchev–Trinajstić information content (AvgIpc) is 2.92. The molecule has 3 heteroatoms. The standard InChI is InChI=1S/C16H23NO2/c1-2-16(19)12-6-8-15(9-7-12)17-10-13-4-3-5-14(13)11-18/h6-9,13-14,17-18H,2-5,10-11H2,1H3. The molecule has 1 aliphatic rings. The zero-order chi connectivity index (χ0) is 13.7. The number of hydrogen-bond donors (Lipinski definition) is 2. The second-order valence-electron chi connectivity index (χ2n) is 5.37. The van der Waals surface area contributed by atoms with Crippen LogP contribution >= 0.6 is 0 Å². The second kappa shape index (κ2) is 6.71. The maximum atomic E-state index is 11.5. The van der Waals surface area contributed by atoms with Crippen LogP contribution in [0.15, 0.2) is 24.3 Å². The number of hydrogen-bond acceptors (Lipinski definition) is 3. The van der Waals surface area contributed by atoms with Crippen molar-refractivity contribution < 1.29 is 9.90 Å². The second-order valence-corrected chi connectivity index (χ2v) is 5.37. The Kier molecular flexibility index (Phi) is 4.97. The molecular formula is C16H23NO2. The van der Waals surface area contributed by atoms with E-state index in [1.54, 1.807) is 0 Å². The van der Waals surface area contributed by atoms with Crippen molar-refractivity contribution in [1.29, 1.82) is 0 Å². The van der Waals surface area contributed by atoms with Crippen molar-refractivity contribution in [3.63, 3.8) is 0 Å². The Labute approximate surface area is 115 Å². The van der Waals surface area contributed by atoms with Gasteiger partial charge in [0, 0.05) is 30.8 Å². The quantitative estimate of drug-likeness (QED) is 0.774. The van der Waals surface area contributed by atoms with Crippen LogP contribution in [0.4, 0.5) is 5.69 Å². The summed E-state index contributed by atoms with van der Waals surface area (Å²) in [6, 6.07) is 7.69. The Balaban J connectivity index is 1.88. The van der Waals surface area contributed by atoms with Crippen LogP contribution in [0.1, 0.15) is 43.0 Å². The number of nitrogens with one attached hydrogen (secondary N) is 1. The molecular weight excluding hydrogens is 238 g/mol. The van der Waals surface area contributed by atoms with Gasteiger partial charge in [-0.3, -0.25) is 4.79 Å². The minimum absolute atomic E-state index is 0.183. The number of rotatable bonds is 6. The van der Waals surface area contributed by atoms with Gasteiger partial charge in [-0.25, -0.2) is 0 Å². The van der Waals surface area contributed by atoms with E-state index < -0.39 is 0 Å². The zero-order valence-corrected chi connectivity index (χ0v) is 11.6. The van der Waals surface area contributed by atoms with Crippen molar-refractivity contribution in [2.75, 3.05) is 18.5 Å². The highest BCUT2D eigenvalue weighted by molar-refractivity contribution is 5.96. The minimum atomic E-state index is 0.183. The maximum absolute atomic E-state index is 11.5. The molecule has 2 atom stereocenters. The fourth-order valence-corrected chi connectivity index (χ4v) is 2.85. The van der Waals surface area contributed by atoms with Gasteiger partial charge in [-0.15, -0.1) is 0 Å². The number of Topliss-reactive ketones (excluding diaryl/α,β-unsaturated/α-hetero) is 1.